The summed E-state index contributed by atoms with van der Waals surface area (Å²) in [5.41, 5.74) is 1.10. The number of rotatable bonds is 9. The highest BCUT2D eigenvalue weighted by molar-refractivity contribution is 6.99. The Balaban J connectivity index is 2.45. The molecule has 0 saturated carbocycles. The van der Waals surface area contributed by atoms with Gasteiger partial charge in [-0.3, -0.25) is 4.79 Å². The molecule has 0 bridgehead atoms. The average molecular weight is 439 g/mol. The van der Waals surface area contributed by atoms with E-state index in [1.807, 2.05) is 6.92 Å². The number of hydrogen-bond donors (Lipinski definition) is 1. The maximum Gasteiger partial charge on any atom is 0.306 e. The zero-order valence-electron chi connectivity index (χ0n) is 20.1. The van der Waals surface area contributed by atoms with Crippen molar-refractivity contribution in [2.75, 3.05) is 0 Å². The van der Waals surface area contributed by atoms with Crippen LogP contribution in [0.1, 0.15) is 54.9 Å². The minimum Gasteiger partial charge on any atom is -0.481 e. The van der Waals surface area contributed by atoms with E-state index < -0.39 is 14.3 Å². The van der Waals surface area contributed by atoms with E-state index in [0.717, 1.165) is 5.57 Å². The molecule has 2 rings (SSSR count). The third-order valence-corrected chi connectivity index (χ3v) is 11.2. The Morgan fingerprint density at radius 1 is 0.968 bits per heavy atom. The molecular formula is C27H38O3Si. The monoisotopic (exact) mass is 438 g/mol. The Labute approximate surface area is 189 Å². The van der Waals surface area contributed by atoms with Crippen LogP contribution in [0.5, 0.6) is 0 Å². The van der Waals surface area contributed by atoms with E-state index in [1.54, 1.807) is 6.92 Å². The van der Waals surface area contributed by atoms with Gasteiger partial charge in [0.1, 0.15) is 0 Å². The molecule has 4 heteroatoms. The van der Waals surface area contributed by atoms with Crippen LogP contribution in [0.15, 0.2) is 72.3 Å². The molecule has 0 amide bonds. The van der Waals surface area contributed by atoms with Crippen molar-refractivity contribution in [3.05, 3.63) is 72.3 Å². The van der Waals surface area contributed by atoms with E-state index in [2.05, 4.69) is 101 Å². The molecule has 0 aliphatic heterocycles. The maximum atomic E-state index is 11.2. The van der Waals surface area contributed by atoms with Crippen LogP contribution in [0.3, 0.4) is 0 Å². The van der Waals surface area contributed by atoms with Gasteiger partial charge in [-0.25, -0.2) is 0 Å². The molecule has 3 atom stereocenters. The summed E-state index contributed by atoms with van der Waals surface area (Å²) in [5.74, 6) is -0.962. The lowest BCUT2D eigenvalue weighted by Gasteiger charge is -2.45. The van der Waals surface area contributed by atoms with Gasteiger partial charge in [0.25, 0.3) is 8.32 Å². The second-order valence-electron chi connectivity index (χ2n) is 9.80. The average Bonchev–Trinajstić information content (AvgIpc) is 2.71. The van der Waals surface area contributed by atoms with Crippen molar-refractivity contribution in [1.82, 2.24) is 0 Å². The first-order valence-corrected chi connectivity index (χ1v) is 13.1. The molecule has 3 nitrogen and oxygen atoms in total. The van der Waals surface area contributed by atoms with E-state index >= 15 is 0 Å². The van der Waals surface area contributed by atoms with Crippen LogP contribution in [-0.4, -0.2) is 25.5 Å². The topological polar surface area (TPSA) is 46.5 Å². The van der Waals surface area contributed by atoms with Crippen molar-refractivity contribution in [3.8, 4) is 0 Å². The van der Waals surface area contributed by atoms with Gasteiger partial charge in [0, 0.05) is 6.10 Å². The molecule has 0 radical (unpaired) electrons. The summed E-state index contributed by atoms with van der Waals surface area (Å²) in [5, 5.41) is 11.7. The fourth-order valence-corrected chi connectivity index (χ4v) is 9.09. The number of carbonyl (C=O) groups is 1. The largest absolute Gasteiger partial charge is 0.481 e. The van der Waals surface area contributed by atoms with Crippen LogP contribution in [-0.2, 0) is 9.22 Å². The zero-order valence-corrected chi connectivity index (χ0v) is 21.1. The quantitative estimate of drug-likeness (QED) is 0.407. The van der Waals surface area contributed by atoms with Crippen molar-refractivity contribution in [3.63, 3.8) is 0 Å². The first kappa shape index (κ1) is 25.1. The first-order valence-electron chi connectivity index (χ1n) is 11.2. The third kappa shape index (κ3) is 5.96. The van der Waals surface area contributed by atoms with Crippen molar-refractivity contribution in [1.29, 1.82) is 0 Å². The summed E-state index contributed by atoms with van der Waals surface area (Å²) in [6, 6.07) is 21.3. The summed E-state index contributed by atoms with van der Waals surface area (Å²) in [6.07, 6.45) is 2.73. The number of benzene rings is 2. The standard InChI is InChI=1S/C27H38O3Si/c1-20(19-22(3)26(28)29)18-21(2)23(4)30-31(27(5,6)7,24-14-10-8-11-15-24)25-16-12-9-13-17-25/h8-18,21-23H,19H2,1-7H3,(H,28,29)/b20-18+/t21-,22-,23+/m0/s1. The SMILES string of the molecule is C/C(=C\[C@H](C)[C@@H](C)O[Si](c1ccccc1)(c1ccccc1)C(C)(C)C)C[C@H](C)C(=O)O. The molecule has 31 heavy (non-hydrogen) atoms. The highest BCUT2D eigenvalue weighted by atomic mass is 28.4. The molecule has 0 fully saturated rings. The molecule has 0 aromatic heterocycles. The lowest BCUT2D eigenvalue weighted by atomic mass is 9.97. The zero-order chi connectivity index (χ0) is 23.2. The van der Waals surface area contributed by atoms with Gasteiger partial charge >= 0.3 is 5.97 Å². The van der Waals surface area contributed by atoms with Crippen molar-refractivity contribution < 1.29 is 14.3 Å². The summed E-state index contributed by atoms with van der Waals surface area (Å²) in [7, 11) is -2.60. The minimum absolute atomic E-state index is 0.0126. The summed E-state index contributed by atoms with van der Waals surface area (Å²) in [6.45, 7) is 14.9. The Hall–Kier alpha value is -2.17. The first-order chi connectivity index (χ1) is 14.5. The van der Waals surface area contributed by atoms with E-state index in [-0.39, 0.29) is 23.0 Å². The number of carboxylic acid groups (broad SMARTS) is 1. The molecule has 0 unspecified atom stereocenters. The molecular weight excluding hydrogens is 400 g/mol. The summed E-state index contributed by atoms with van der Waals surface area (Å²) >= 11 is 0. The smallest absolute Gasteiger partial charge is 0.306 e. The second-order valence-corrected chi connectivity index (χ2v) is 14.1. The Morgan fingerprint density at radius 3 is 1.81 bits per heavy atom. The molecule has 168 valence electrons. The Morgan fingerprint density at radius 2 is 1.42 bits per heavy atom. The predicted octanol–water partition coefficient (Wildman–Crippen LogP) is 5.64. The number of allylic oxidation sites excluding steroid dienone is 1. The molecule has 0 heterocycles. The number of carboxylic acids is 1. The van der Waals surface area contributed by atoms with Crippen molar-refractivity contribution >= 4 is 24.7 Å². The van der Waals surface area contributed by atoms with Gasteiger partial charge in [0.2, 0.25) is 0 Å². The Kier molecular flexibility index (Phi) is 8.44. The van der Waals surface area contributed by atoms with E-state index in [4.69, 9.17) is 4.43 Å². The van der Waals surface area contributed by atoms with Crippen molar-refractivity contribution in [2.24, 2.45) is 11.8 Å². The summed E-state index contributed by atoms with van der Waals surface area (Å²) < 4.78 is 7.17. The fourth-order valence-electron chi connectivity index (χ4n) is 4.30. The maximum absolute atomic E-state index is 11.2. The fraction of sp³-hybridized carbons (Fsp3) is 0.444. The van der Waals surface area contributed by atoms with E-state index in [1.165, 1.54) is 10.4 Å². The van der Waals surface area contributed by atoms with Crippen LogP contribution in [0.2, 0.25) is 5.04 Å². The number of aliphatic carboxylic acids is 1. The molecule has 0 spiro atoms. The highest BCUT2D eigenvalue weighted by Gasteiger charge is 2.51. The number of hydrogen-bond acceptors (Lipinski definition) is 2. The predicted molar refractivity (Wildman–Crippen MR) is 133 cm³/mol. The van der Waals surface area contributed by atoms with Gasteiger partial charge in [0.05, 0.1) is 5.92 Å². The van der Waals surface area contributed by atoms with Gasteiger partial charge < -0.3 is 9.53 Å². The van der Waals surface area contributed by atoms with E-state index in [0.29, 0.717) is 6.42 Å². The summed E-state index contributed by atoms with van der Waals surface area (Å²) in [4.78, 5) is 11.2. The lowest BCUT2D eigenvalue weighted by Crippen LogP contribution is -2.67. The van der Waals surface area contributed by atoms with Gasteiger partial charge in [0.15, 0.2) is 0 Å². The molecule has 0 saturated heterocycles. The van der Waals surface area contributed by atoms with Crippen molar-refractivity contribution in [2.45, 2.75) is 66.0 Å². The molecule has 2 aromatic carbocycles. The van der Waals surface area contributed by atoms with Gasteiger partial charge in [-0.05, 0) is 41.6 Å². The van der Waals surface area contributed by atoms with Crippen LogP contribution in [0.25, 0.3) is 0 Å². The van der Waals surface area contributed by atoms with Gasteiger partial charge in [-0.1, -0.05) is 107 Å². The van der Waals surface area contributed by atoms with Gasteiger partial charge in [-0.15, -0.1) is 0 Å². The Bertz CT molecular complexity index is 829. The van der Waals surface area contributed by atoms with Crippen LogP contribution >= 0.6 is 0 Å². The third-order valence-electron chi connectivity index (χ3n) is 6.12. The van der Waals surface area contributed by atoms with Crippen LogP contribution in [0, 0.1) is 11.8 Å². The lowest BCUT2D eigenvalue weighted by molar-refractivity contribution is -0.141. The molecule has 0 aliphatic carbocycles. The minimum atomic E-state index is -2.60. The van der Waals surface area contributed by atoms with Gasteiger partial charge in [-0.2, -0.15) is 0 Å². The molecule has 2 aromatic rings. The molecule has 1 N–H and O–H groups in total. The molecule has 0 aliphatic rings. The van der Waals surface area contributed by atoms with Crippen LogP contribution in [0.4, 0.5) is 0 Å². The highest BCUT2D eigenvalue weighted by Crippen LogP contribution is 2.38. The normalized spacial score (nSPS) is 15.9. The second kappa shape index (κ2) is 10.4. The van der Waals surface area contributed by atoms with Crippen LogP contribution < -0.4 is 10.4 Å². The van der Waals surface area contributed by atoms with E-state index in [9.17, 15) is 9.90 Å².